The maximum Gasteiger partial charge on any atom is 0.343 e. The molecule has 0 fully saturated rings. The topological polar surface area (TPSA) is 65.1 Å². The maximum atomic E-state index is 12.9. The van der Waals surface area contributed by atoms with E-state index >= 15 is 0 Å². The molecule has 0 bridgehead atoms. The van der Waals surface area contributed by atoms with Gasteiger partial charge in [-0.3, -0.25) is 4.79 Å². The van der Waals surface area contributed by atoms with Gasteiger partial charge in [0.25, 0.3) is 5.91 Å². The van der Waals surface area contributed by atoms with Crippen molar-refractivity contribution >= 4 is 11.9 Å². The summed E-state index contributed by atoms with van der Waals surface area (Å²) in [5.41, 5.74) is 0.846. The molecule has 0 saturated heterocycles. The highest BCUT2D eigenvalue weighted by Crippen LogP contribution is 2.25. The lowest BCUT2D eigenvalue weighted by Crippen LogP contribution is -2.31. The summed E-state index contributed by atoms with van der Waals surface area (Å²) in [5.74, 6) is 0.151. The number of amides is 1. The van der Waals surface area contributed by atoms with Gasteiger partial charge >= 0.3 is 5.97 Å². The molecular formula is C25H25NO5. The van der Waals surface area contributed by atoms with Crippen LogP contribution >= 0.6 is 0 Å². The van der Waals surface area contributed by atoms with Gasteiger partial charge in [0, 0.05) is 19.7 Å². The Kier molecular flexibility index (Phi) is 7.65. The van der Waals surface area contributed by atoms with Crippen molar-refractivity contribution in [1.29, 1.82) is 0 Å². The first-order chi connectivity index (χ1) is 15.1. The third-order valence-electron chi connectivity index (χ3n) is 4.45. The molecule has 3 aromatic carbocycles. The summed E-state index contributed by atoms with van der Waals surface area (Å²) in [6.45, 7) is 0.567. The summed E-state index contributed by atoms with van der Waals surface area (Å²) in [6.07, 6.45) is -1.04. The van der Waals surface area contributed by atoms with Gasteiger partial charge in [-0.1, -0.05) is 60.7 Å². The molecular weight excluding hydrogens is 394 g/mol. The van der Waals surface area contributed by atoms with E-state index in [1.165, 1.54) is 4.90 Å². The number of hydrogen-bond acceptors (Lipinski definition) is 5. The molecule has 3 aromatic rings. The van der Waals surface area contributed by atoms with Gasteiger partial charge in [0.05, 0.1) is 0 Å². The third kappa shape index (κ3) is 6.09. The van der Waals surface area contributed by atoms with Crippen molar-refractivity contribution in [3.63, 3.8) is 0 Å². The van der Waals surface area contributed by atoms with E-state index in [9.17, 15) is 9.59 Å². The van der Waals surface area contributed by atoms with Crippen LogP contribution in [0.1, 0.15) is 22.0 Å². The first kappa shape index (κ1) is 21.9. The minimum atomic E-state index is -1.04. The Morgan fingerprint density at radius 3 is 2.03 bits per heavy atom. The highest BCUT2D eigenvalue weighted by Gasteiger charge is 2.28. The normalized spacial score (nSPS) is 11.3. The average Bonchev–Trinajstić information content (AvgIpc) is 2.81. The Morgan fingerprint density at radius 2 is 1.35 bits per heavy atom. The molecule has 0 heterocycles. The number of carbonyl (C=O) groups excluding carboxylic acids is 2. The van der Waals surface area contributed by atoms with E-state index in [0.717, 1.165) is 5.75 Å². The standard InChI is InChI=1S/C25H25NO5/c1-26(2)24(27)23(19-11-5-3-6-12-19)31-25(28)21-15-9-10-16-22(21)30-18-17-29-20-13-7-4-8-14-20/h3-16,23H,17-18H2,1-2H3/t23-/m1/s1. The predicted octanol–water partition coefficient (Wildman–Crippen LogP) is 4.13. The van der Waals surface area contributed by atoms with Crippen molar-refractivity contribution in [2.24, 2.45) is 0 Å². The van der Waals surface area contributed by atoms with Crippen LogP contribution in [0.3, 0.4) is 0 Å². The molecule has 0 N–H and O–H groups in total. The minimum Gasteiger partial charge on any atom is -0.490 e. The summed E-state index contributed by atoms with van der Waals surface area (Å²) >= 11 is 0. The number of ether oxygens (including phenoxy) is 3. The molecule has 0 aliphatic rings. The van der Waals surface area contributed by atoms with E-state index in [1.54, 1.807) is 62.6 Å². The molecule has 31 heavy (non-hydrogen) atoms. The fraction of sp³-hybridized carbons (Fsp3) is 0.200. The van der Waals surface area contributed by atoms with Gasteiger partial charge in [0.2, 0.25) is 6.10 Å². The fourth-order valence-corrected chi connectivity index (χ4v) is 2.88. The molecule has 0 saturated carbocycles. The van der Waals surface area contributed by atoms with Crippen LogP contribution in [-0.4, -0.2) is 44.1 Å². The van der Waals surface area contributed by atoms with Crippen molar-refractivity contribution in [2.45, 2.75) is 6.10 Å². The zero-order valence-corrected chi connectivity index (χ0v) is 17.6. The van der Waals surface area contributed by atoms with Gasteiger partial charge < -0.3 is 19.1 Å². The number of hydrogen-bond donors (Lipinski definition) is 0. The third-order valence-corrected chi connectivity index (χ3v) is 4.45. The first-order valence-electron chi connectivity index (χ1n) is 9.93. The number of rotatable bonds is 9. The molecule has 1 amide bonds. The lowest BCUT2D eigenvalue weighted by atomic mass is 10.1. The number of carbonyl (C=O) groups is 2. The molecule has 160 valence electrons. The Bertz CT molecular complexity index is 989. The van der Waals surface area contributed by atoms with E-state index in [4.69, 9.17) is 14.2 Å². The minimum absolute atomic E-state index is 0.245. The Balaban J connectivity index is 1.68. The Morgan fingerprint density at radius 1 is 0.774 bits per heavy atom. The van der Waals surface area contributed by atoms with E-state index in [1.807, 2.05) is 36.4 Å². The van der Waals surface area contributed by atoms with Crippen molar-refractivity contribution in [3.8, 4) is 11.5 Å². The van der Waals surface area contributed by atoms with Crippen LogP contribution in [0, 0.1) is 0 Å². The highest BCUT2D eigenvalue weighted by molar-refractivity contribution is 5.95. The zero-order chi connectivity index (χ0) is 22.1. The molecule has 0 aliphatic carbocycles. The van der Waals surface area contributed by atoms with Crippen LogP contribution in [0.5, 0.6) is 11.5 Å². The van der Waals surface area contributed by atoms with Crippen LogP contribution in [0.4, 0.5) is 0 Å². The predicted molar refractivity (Wildman–Crippen MR) is 117 cm³/mol. The quantitative estimate of drug-likeness (QED) is 0.385. The molecule has 3 rings (SSSR count). The highest BCUT2D eigenvalue weighted by atomic mass is 16.6. The SMILES string of the molecule is CN(C)C(=O)[C@H](OC(=O)c1ccccc1OCCOc1ccccc1)c1ccccc1. The lowest BCUT2D eigenvalue weighted by Gasteiger charge is -2.21. The van der Waals surface area contributed by atoms with E-state index in [2.05, 4.69) is 0 Å². The second-order valence-corrected chi connectivity index (χ2v) is 6.93. The van der Waals surface area contributed by atoms with Gasteiger partial charge in [-0.15, -0.1) is 0 Å². The molecule has 1 atom stereocenters. The fourth-order valence-electron chi connectivity index (χ4n) is 2.88. The number of para-hydroxylation sites is 2. The molecule has 0 radical (unpaired) electrons. The monoisotopic (exact) mass is 419 g/mol. The van der Waals surface area contributed by atoms with Crippen LogP contribution in [0.15, 0.2) is 84.9 Å². The Hall–Kier alpha value is -3.80. The van der Waals surface area contributed by atoms with Crippen molar-refractivity contribution < 1.29 is 23.8 Å². The van der Waals surface area contributed by atoms with E-state index < -0.39 is 12.1 Å². The molecule has 0 unspecified atom stereocenters. The maximum absolute atomic E-state index is 12.9. The van der Waals surface area contributed by atoms with Gasteiger partial charge in [-0.25, -0.2) is 4.79 Å². The molecule has 0 aliphatic heterocycles. The van der Waals surface area contributed by atoms with Crippen LogP contribution in [0.2, 0.25) is 0 Å². The van der Waals surface area contributed by atoms with E-state index in [-0.39, 0.29) is 18.1 Å². The number of benzene rings is 3. The zero-order valence-electron chi connectivity index (χ0n) is 17.6. The Labute approximate surface area is 182 Å². The van der Waals surface area contributed by atoms with Crippen LogP contribution in [-0.2, 0) is 9.53 Å². The summed E-state index contributed by atoms with van der Waals surface area (Å²) in [7, 11) is 3.24. The van der Waals surface area contributed by atoms with Crippen LogP contribution < -0.4 is 9.47 Å². The average molecular weight is 419 g/mol. The second kappa shape index (κ2) is 10.8. The van der Waals surface area contributed by atoms with Crippen LogP contribution in [0.25, 0.3) is 0 Å². The molecule has 0 spiro atoms. The summed E-state index contributed by atoms with van der Waals surface area (Å²) < 4.78 is 17.0. The molecule has 0 aromatic heterocycles. The lowest BCUT2D eigenvalue weighted by molar-refractivity contribution is -0.138. The van der Waals surface area contributed by atoms with Gasteiger partial charge in [0.15, 0.2) is 0 Å². The van der Waals surface area contributed by atoms with Crippen molar-refractivity contribution in [1.82, 2.24) is 4.90 Å². The number of likely N-dealkylation sites (N-methyl/N-ethyl adjacent to an activating group) is 1. The number of nitrogens with zero attached hydrogens (tertiary/aromatic N) is 1. The summed E-state index contributed by atoms with van der Waals surface area (Å²) in [5, 5.41) is 0. The van der Waals surface area contributed by atoms with Crippen molar-refractivity contribution in [3.05, 3.63) is 96.1 Å². The number of esters is 1. The summed E-state index contributed by atoms with van der Waals surface area (Å²) in [4.78, 5) is 27.0. The largest absolute Gasteiger partial charge is 0.490 e. The van der Waals surface area contributed by atoms with Crippen molar-refractivity contribution in [2.75, 3.05) is 27.3 Å². The van der Waals surface area contributed by atoms with Gasteiger partial charge in [-0.2, -0.15) is 0 Å². The van der Waals surface area contributed by atoms with Gasteiger partial charge in [-0.05, 0) is 24.3 Å². The van der Waals surface area contributed by atoms with Gasteiger partial charge in [0.1, 0.15) is 30.3 Å². The molecule has 6 nitrogen and oxygen atoms in total. The summed E-state index contributed by atoms with van der Waals surface area (Å²) in [6, 6.07) is 25.1. The second-order valence-electron chi connectivity index (χ2n) is 6.93. The molecule has 6 heteroatoms. The first-order valence-corrected chi connectivity index (χ1v) is 9.93. The van der Waals surface area contributed by atoms with E-state index in [0.29, 0.717) is 17.9 Å². The smallest absolute Gasteiger partial charge is 0.343 e.